The molecule has 0 radical (unpaired) electrons. The first-order valence-electron chi connectivity index (χ1n) is 3.66. The highest BCUT2D eigenvalue weighted by Crippen LogP contribution is 2.09. The molecule has 9 heavy (non-hydrogen) atoms. The lowest BCUT2D eigenvalue weighted by Crippen LogP contribution is -1.82. The average Bonchev–Trinajstić information content (AvgIpc) is 1.93. The molecule has 0 heterocycles. The summed E-state index contributed by atoms with van der Waals surface area (Å²) >= 11 is 0. The fourth-order valence-electron chi connectivity index (χ4n) is 0.821. The maximum atomic E-state index is 7.46. The zero-order chi connectivity index (χ0) is 7.72. The van der Waals surface area contributed by atoms with Gasteiger partial charge >= 0.3 is 0 Å². The van der Waals surface area contributed by atoms with E-state index in [1.54, 1.807) is 0 Å². The van der Waals surface area contributed by atoms with E-state index in [0.29, 0.717) is 6.04 Å². The topological polar surface area (TPSA) is 0 Å². The summed E-state index contributed by atoms with van der Waals surface area (Å²) in [6.45, 7) is 6.12. The third-order valence-electron chi connectivity index (χ3n) is 1.79. The average molecular weight is 121 g/mol. The first kappa shape index (κ1) is 5.04. The SMILES string of the molecule is [2H]c1ccc(C)c(C)c1C. The lowest BCUT2D eigenvalue weighted by molar-refractivity contribution is 1.27. The Balaban J connectivity index is 3.34. The molecule has 0 heteroatoms. The molecule has 0 aliphatic rings. The predicted molar refractivity (Wildman–Crippen MR) is 40.7 cm³/mol. The molecule has 0 nitrogen and oxygen atoms in total. The van der Waals surface area contributed by atoms with Crippen LogP contribution in [0.25, 0.3) is 0 Å². The van der Waals surface area contributed by atoms with E-state index in [-0.39, 0.29) is 0 Å². The highest BCUT2D eigenvalue weighted by atomic mass is 14.0. The second kappa shape index (κ2) is 2.22. The molecular formula is C9H12. The van der Waals surface area contributed by atoms with Crippen molar-refractivity contribution in [3.05, 3.63) is 34.9 Å². The van der Waals surface area contributed by atoms with Crippen molar-refractivity contribution >= 4 is 0 Å². The minimum atomic E-state index is 0.642. The zero-order valence-electron chi connectivity index (χ0n) is 7.15. The van der Waals surface area contributed by atoms with E-state index < -0.39 is 0 Å². The summed E-state index contributed by atoms with van der Waals surface area (Å²) in [7, 11) is 0. The second-order valence-corrected chi connectivity index (χ2v) is 2.41. The van der Waals surface area contributed by atoms with Crippen LogP contribution in [0.3, 0.4) is 0 Å². The summed E-state index contributed by atoms with van der Waals surface area (Å²) in [6, 6.07) is 4.48. The number of hydrogen-bond acceptors (Lipinski definition) is 0. The van der Waals surface area contributed by atoms with Crippen molar-refractivity contribution in [2.75, 3.05) is 0 Å². The summed E-state index contributed by atoms with van der Waals surface area (Å²) < 4.78 is 7.46. The van der Waals surface area contributed by atoms with Crippen LogP contribution in [0, 0.1) is 20.8 Å². The van der Waals surface area contributed by atoms with E-state index in [9.17, 15) is 0 Å². The van der Waals surface area contributed by atoms with Crippen molar-refractivity contribution in [3.63, 3.8) is 0 Å². The van der Waals surface area contributed by atoms with Gasteiger partial charge in [-0.2, -0.15) is 0 Å². The highest BCUT2D eigenvalue weighted by Gasteiger charge is 1.91. The van der Waals surface area contributed by atoms with E-state index in [1.807, 2.05) is 19.1 Å². The highest BCUT2D eigenvalue weighted by molar-refractivity contribution is 5.31. The van der Waals surface area contributed by atoms with E-state index in [0.717, 1.165) is 5.56 Å². The van der Waals surface area contributed by atoms with Crippen LogP contribution in [0.4, 0.5) is 0 Å². The van der Waals surface area contributed by atoms with Crippen LogP contribution in [0.2, 0.25) is 0 Å². The van der Waals surface area contributed by atoms with Gasteiger partial charge < -0.3 is 0 Å². The summed E-state index contributed by atoms with van der Waals surface area (Å²) in [5.41, 5.74) is 3.61. The monoisotopic (exact) mass is 121 g/mol. The molecule has 48 valence electrons. The largest absolute Gasteiger partial charge is 0.0626 e. The normalized spacial score (nSPS) is 11.2. The van der Waals surface area contributed by atoms with E-state index >= 15 is 0 Å². The smallest absolute Gasteiger partial charge is 0.0617 e. The molecule has 0 N–H and O–H groups in total. The third kappa shape index (κ3) is 1.13. The second-order valence-electron chi connectivity index (χ2n) is 2.41. The quantitative estimate of drug-likeness (QED) is 0.495. The van der Waals surface area contributed by atoms with Crippen molar-refractivity contribution in [1.82, 2.24) is 0 Å². The van der Waals surface area contributed by atoms with Gasteiger partial charge in [-0.25, -0.2) is 0 Å². The van der Waals surface area contributed by atoms with Gasteiger partial charge in [0.2, 0.25) is 0 Å². The van der Waals surface area contributed by atoms with Gasteiger partial charge in [0.15, 0.2) is 0 Å². The predicted octanol–water partition coefficient (Wildman–Crippen LogP) is 2.61. The molecule has 1 aromatic rings. The van der Waals surface area contributed by atoms with Gasteiger partial charge in [0, 0.05) is 0 Å². The van der Waals surface area contributed by atoms with Crippen molar-refractivity contribution in [3.8, 4) is 0 Å². The van der Waals surface area contributed by atoms with Crippen LogP contribution in [0.15, 0.2) is 18.2 Å². The summed E-state index contributed by atoms with van der Waals surface area (Å²) in [4.78, 5) is 0. The molecular weight excluding hydrogens is 108 g/mol. The molecule has 0 unspecified atom stereocenters. The fourth-order valence-corrected chi connectivity index (χ4v) is 0.821. The van der Waals surface area contributed by atoms with E-state index in [4.69, 9.17) is 1.37 Å². The van der Waals surface area contributed by atoms with Crippen molar-refractivity contribution in [2.45, 2.75) is 20.8 Å². The summed E-state index contributed by atoms with van der Waals surface area (Å²) in [5, 5.41) is 0. The third-order valence-corrected chi connectivity index (χ3v) is 1.79. The van der Waals surface area contributed by atoms with Crippen LogP contribution in [0.1, 0.15) is 18.1 Å². The zero-order valence-corrected chi connectivity index (χ0v) is 6.15. The Labute approximate surface area is 57.9 Å². The van der Waals surface area contributed by atoms with Crippen LogP contribution in [0.5, 0.6) is 0 Å². The molecule has 0 atom stereocenters. The number of hydrogen-bond donors (Lipinski definition) is 0. The molecule has 0 aliphatic heterocycles. The number of aryl methyl sites for hydroxylation is 1. The molecule has 0 aliphatic carbocycles. The molecule has 0 saturated heterocycles. The Morgan fingerprint density at radius 2 is 1.89 bits per heavy atom. The van der Waals surface area contributed by atoms with E-state index in [1.165, 1.54) is 11.1 Å². The van der Waals surface area contributed by atoms with Crippen LogP contribution >= 0.6 is 0 Å². The number of rotatable bonds is 0. The number of benzene rings is 1. The van der Waals surface area contributed by atoms with Crippen LogP contribution in [-0.4, -0.2) is 0 Å². The van der Waals surface area contributed by atoms with Crippen LogP contribution < -0.4 is 0 Å². The lowest BCUT2D eigenvalue weighted by atomic mass is 10.1. The molecule has 0 fully saturated rings. The van der Waals surface area contributed by atoms with Crippen molar-refractivity contribution in [2.24, 2.45) is 0 Å². The minimum Gasteiger partial charge on any atom is -0.0617 e. The fraction of sp³-hybridized carbons (Fsp3) is 0.333. The van der Waals surface area contributed by atoms with E-state index in [2.05, 4.69) is 13.8 Å². The Kier molecular flexibility index (Phi) is 1.24. The summed E-state index contributed by atoms with van der Waals surface area (Å²) in [6.07, 6.45) is 0. The van der Waals surface area contributed by atoms with Gasteiger partial charge in [-0.1, -0.05) is 18.2 Å². The van der Waals surface area contributed by atoms with Gasteiger partial charge in [0.05, 0.1) is 1.37 Å². The van der Waals surface area contributed by atoms with Gasteiger partial charge in [-0.15, -0.1) is 0 Å². The first-order chi connectivity index (χ1) is 4.63. The van der Waals surface area contributed by atoms with Crippen molar-refractivity contribution in [1.29, 1.82) is 0 Å². The molecule has 1 rings (SSSR count). The molecule has 0 saturated carbocycles. The van der Waals surface area contributed by atoms with Gasteiger partial charge in [-0.3, -0.25) is 0 Å². The molecule has 0 spiro atoms. The van der Waals surface area contributed by atoms with Crippen LogP contribution in [-0.2, 0) is 0 Å². The maximum absolute atomic E-state index is 7.46. The molecule has 1 aromatic carbocycles. The Morgan fingerprint density at radius 1 is 1.22 bits per heavy atom. The van der Waals surface area contributed by atoms with Gasteiger partial charge in [0.25, 0.3) is 0 Å². The Bertz CT molecular complexity index is 224. The molecule has 0 amide bonds. The maximum Gasteiger partial charge on any atom is 0.0626 e. The van der Waals surface area contributed by atoms with Gasteiger partial charge in [-0.05, 0) is 37.5 Å². The Morgan fingerprint density at radius 3 is 2.44 bits per heavy atom. The standard InChI is InChI=1S/C9H12/c1-7-5-4-6-8(2)9(7)3/h4-6H,1-3H3/i5D. The minimum absolute atomic E-state index is 0.642. The summed E-state index contributed by atoms with van der Waals surface area (Å²) in [5.74, 6) is 0. The molecule has 0 aromatic heterocycles. The van der Waals surface area contributed by atoms with Crippen molar-refractivity contribution < 1.29 is 1.37 Å². The van der Waals surface area contributed by atoms with Gasteiger partial charge in [0.1, 0.15) is 0 Å². The molecule has 0 bridgehead atoms. The Hall–Kier alpha value is -0.780. The lowest BCUT2D eigenvalue weighted by Gasteiger charge is -2.00. The first-order valence-corrected chi connectivity index (χ1v) is 3.16.